The highest BCUT2D eigenvalue weighted by Crippen LogP contribution is 2.23. The van der Waals surface area contributed by atoms with Crippen LogP contribution in [0.15, 0.2) is 48.7 Å². The molecule has 2 N–H and O–H groups in total. The van der Waals surface area contributed by atoms with Gasteiger partial charge in [0.15, 0.2) is 19.1 Å². The number of nitrogens with zero attached hydrogens (tertiary/aromatic N) is 6. The Kier molecular flexibility index (Phi) is 9.60. The summed E-state index contributed by atoms with van der Waals surface area (Å²) in [7, 11) is 3.78. The van der Waals surface area contributed by atoms with Crippen LogP contribution in [-0.2, 0) is 49.4 Å². The molecule has 0 aliphatic rings. The molecule has 0 spiro atoms. The van der Waals surface area contributed by atoms with E-state index in [-0.39, 0.29) is 24.6 Å². The SMILES string of the molecule is Cn1c(CC(=O)Nc2nnc(CCCCc3ccc(NC(=O)Cc4cccc(OC(F)(F)F)c4)nn3)s2)cc[n+]1C. The second-order valence-corrected chi connectivity index (χ2v) is 10.2. The minimum Gasteiger partial charge on any atom is -0.406 e. The van der Waals surface area contributed by atoms with Crippen molar-refractivity contribution < 1.29 is 32.2 Å². The van der Waals surface area contributed by atoms with Crippen molar-refractivity contribution in [2.24, 2.45) is 14.1 Å². The van der Waals surface area contributed by atoms with Gasteiger partial charge in [-0.05, 0) is 49.1 Å². The molecule has 0 fully saturated rings. The van der Waals surface area contributed by atoms with Gasteiger partial charge < -0.3 is 15.4 Å². The number of amides is 2. The maximum absolute atomic E-state index is 12.4. The van der Waals surface area contributed by atoms with Crippen LogP contribution in [0.2, 0.25) is 0 Å². The summed E-state index contributed by atoms with van der Waals surface area (Å²) in [5.41, 5.74) is 2.00. The predicted octanol–water partition coefficient (Wildman–Crippen LogP) is 3.32. The van der Waals surface area contributed by atoms with E-state index in [1.165, 1.54) is 23.5 Å². The minimum absolute atomic E-state index is 0.152. The quantitative estimate of drug-likeness (QED) is 0.192. The van der Waals surface area contributed by atoms with Gasteiger partial charge in [-0.1, -0.05) is 23.5 Å². The summed E-state index contributed by atoms with van der Waals surface area (Å²) in [5, 5.41) is 23.0. The number of alkyl halides is 3. The molecule has 4 rings (SSSR count). The monoisotopic (exact) mass is 589 g/mol. The molecule has 0 aliphatic carbocycles. The first-order valence-electron chi connectivity index (χ1n) is 12.6. The van der Waals surface area contributed by atoms with Crippen LogP contribution in [0.25, 0.3) is 0 Å². The molecule has 3 heterocycles. The number of hydrogen-bond acceptors (Lipinski definition) is 8. The van der Waals surface area contributed by atoms with E-state index >= 15 is 0 Å². The maximum Gasteiger partial charge on any atom is 0.573 e. The second-order valence-electron chi connectivity index (χ2n) is 9.17. The molecule has 1 aromatic carbocycles. The number of benzene rings is 1. The Morgan fingerprint density at radius 3 is 2.46 bits per heavy atom. The first kappa shape index (κ1) is 29.6. The summed E-state index contributed by atoms with van der Waals surface area (Å²) in [6, 6.07) is 10.5. The first-order chi connectivity index (χ1) is 19.5. The van der Waals surface area contributed by atoms with E-state index < -0.39 is 18.0 Å². The summed E-state index contributed by atoms with van der Waals surface area (Å²) in [4.78, 5) is 24.6. The van der Waals surface area contributed by atoms with E-state index in [9.17, 15) is 22.8 Å². The third-order valence-corrected chi connectivity index (χ3v) is 6.88. The normalized spacial score (nSPS) is 11.3. The summed E-state index contributed by atoms with van der Waals surface area (Å²) in [6.07, 6.45) is 0.201. The average Bonchev–Trinajstić information content (AvgIpc) is 3.47. The molecule has 2 amide bonds. The Morgan fingerprint density at radius 2 is 1.76 bits per heavy atom. The Balaban J connectivity index is 1.16. The molecule has 0 saturated heterocycles. The van der Waals surface area contributed by atoms with Crippen molar-refractivity contribution in [2.75, 3.05) is 10.6 Å². The van der Waals surface area contributed by atoms with Crippen molar-refractivity contribution in [2.45, 2.75) is 44.9 Å². The Bertz CT molecular complexity index is 1490. The molecule has 216 valence electrons. The number of nitrogens with one attached hydrogen (secondary N) is 2. The molecule has 15 heteroatoms. The zero-order valence-corrected chi connectivity index (χ0v) is 23.1. The van der Waals surface area contributed by atoms with Crippen molar-refractivity contribution in [3.8, 4) is 5.75 Å². The number of aryl methyl sites for hydroxylation is 3. The number of ether oxygens (including phenoxy) is 1. The van der Waals surface area contributed by atoms with Gasteiger partial charge in [0.2, 0.25) is 16.9 Å². The van der Waals surface area contributed by atoms with Crippen LogP contribution < -0.4 is 20.1 Å². The fourth-order valence-corrected chi connectivity index (χ4v) is 4.68. The van der Waals surface area contributed by atoms with Gasteiger partial charge in [-0.2, -0.15) is 9.78 Å². The zero-order chi connectivity index (χ0) is 29.4. The molecule has 3 aromatic heterocycles. The van der Waals surface area contributed by atoms with Gasteiger partial charge in [0, 0.05) is 12.5 Å². The Labute approximate surface area is 237 Å². The van der Waals surface area contributed by atoms with Crippen LogP contribution in [0, 0.1) is 0 Å². The van der Waals surface area contributed by atoms with Crippen molar-refractivity contribution in [3.05, 3.63) is 70.6 Å². The van der Waals surface area contributed by atoms with E-state index in [1.807, 2.05) is 35.7 Å². The van der Waals surface area contributed by atoms with Crippen molar-refractivity contribution in [3.63, 3.8) is 0 Å². The number of aromatic nitrogens is 6. The van der Waals surface area contributed by atoms with Gasteiger partial charge >= 0.3 is 6.36 Å². The van der Waals surface area contributed by atoms with Crippen LogP contribution in [0.1, 0.15) is 34.8 Å². The molecular formula is C26H28F3N8O3S+. The number of anilines is 2. The van der Waals surface area contributed by atoms with E-state index in [4.69, 9.17) is 0 Å². The van der Waals surface area contributed by atoms with Crippen LogP contribution >= 0.6 is 11.3 Å². The van der Waals surface area contributed by atoms with Crippen molar-refractivity contribution >= 4 is 34.1 Å². The zero-order valence-electron chi connectivity index (χ0n) is 22.3. The van der Waals surface area contributed by atoms with Gasteiger partial charge in [0.1, 0.15) is 10.8 Å². The van der Waals surface area contributed by atoms with Gasteiger partial charge in [0.25, 0.3) is 0 Å². The Hall–Kier alpha value is -4.40. The van der Waals surface area contributed by atoms with Gasteiger partial charge in [-0.25, -0.2) is 0 Å². The van der Waals surface area contributed by atoms with Crippen LogP contribution in [0.4, 0.5) is 24.1 Å². The highest BCUT2D eigenvalue weighted by atomic mass is 32.1. The van der Waals surface area contributed by atoms with Crippen LogP contribution in [0.5, 0.6) is 5.75 Å². The van der Waals surface area contributed by atoms with Gasteiger partial charge in [0.05, 0.1) is 31.3 Å². The molecule has 11 nitrogen and oxygen atoms in total. The molecule has 0 aliphatic heterocycles. The topological polar surface area (TPSA) is 128 Å². The summed E-state index contributed by atoms with van der Waals surface area (Å²) in [5.74, 6) is -0.750. The highest BCUT2D eigenvalue weighted by Gasteiger charge is 2.31. The Morgan fingerprint density at radius 1 is 0.976 bits per heavy atom. The second kappa shape index (κ2) is 13.3. The fourth-order valence-electron chi connectivity index (χ4n) is 3.88. The summed E-state index contributed by atoms with van der Waals surface area (Å²) < 4.78 is 44.9. The lowest BCUT2D eigenvalue weighted by Gasteiger charge is -2.10. The maximum atomic E-state index is 12.4. The van der Waals surface area contributed by atoms with Gasteiger partial charge in [-0.3, -0.25) is 9.59 Å². The number of rotatable bonds is 12. The number of hydrogen-bond donors (Lipinski definition) is 2. The van der Waals surface area contributed by atoms with E-state index in [2.05, 4.69) is 35.8 Å². The molecule has 4 aromatic rings. The lowest BCUT2D eigenvalue weighted by Crippen LogP contribution is -2.37. The van der Waals surface area contributed by atoms with Gasteiger partial charge in [-0.15, -0.1) is 33.1 Å². The average molecular weight is 590 g/mol. The lowest BCUT2D eigenvalue weighted by molar-refractivity contribution is -0.751. The summed E-state index contributed by atoms with van der Waals surface area (Å²) in [6.45, 7) is 0. The fraction of sp³-hybridized carbons (Fsp3) is 0.346. The third-order valence-electron chi connectivity index (χ3n) is 5.98. The first-order valence-corrected chi connectivity index (χ1v) is 13.5. The smallest absolute Gasteiger partial charge is 0.406 e. The van der Waals surface area contributed by atoms with E-state index in [0.717, 1.165) is 41.4 Å². The molecule has 0 atom stereocenters. The van der Waals surface area contributed by atoms with Crippen LogP contribution in [-0.4, -0.2) is 43.3 Å². The molecule has 0 bridgehead atoms. The minimum atomic E-state index is -4.81. The largest absolute Gasteiger partial charge is 0.573 e. The summed E-state index contributed by atoms with van der Waals surface area (Å²) >= 11 is 1.35. The third kappa shape index (κ3) is 9.34. The number of carbonyl (C=O) groups excluding carboxylic acids is 2. The van der Waals surface area contributed by atoms with Crippen molar-refractivity contribution in [1.82, 2.24) is 25.1 Å². The van der Waals surface area contributed by atoms with E-state index in [1.54, 1.807) is 12.1 Å². The standard InChI is InChI=1S/C26H27F3N8O3S/c1-36-13-12-19(37(36)2)16-23(39)31-25-35-34-24(41-25)9-4-3-7-18-10-11-21(33-32-18)30-22(38)15-17-6-5-8-20(14-17)40-26(27,28)29/h5-6,8,10-14H,3-4,7,9,15-16H2,1-2H3,(H-,30,31,33,35,38,39)/p+1. The number of halogens is 3. The molecule has 41 heavy (non-hydrogen) atoms. The number of unbranched alkanes of at least 4 members (excludes halogenated alkanes) is 1. The highest BCUT2D eigenvalue weighted by molar-refractivity contribution is 7.15. The van der Waals surface area contributed by atoms with Crippen molar-refractivity contribution in [1.29, 1.82) is 0 Å². The predicted molar refractivity (Wildman–Crippen MR) is 143 cm³/mol. The number of carbonyl (C=O) groups is 2. The lowest BCUT2D eigenvalue weighted by atomic mass is 10.1. The molecule has 0 radical (unpaired) electrons. The molecule has 0 unspecified atom stereocenters. The molecule has 0 saturated carbocycles. The van der Waals surface area contributed by atoms with Crippen LogP contribution in [0.3, 0.4) is 0 Å². The van der Waals surface area contributed by atoms with E-state index in [0.29, 0.717) is 23.5 Å². The molecular weight excluding hydrogens is 561 g/mol.